The summed E-state index contributed by atoms with van der Waals surface area (Å²) < 4.78 is 50.5. The van der Waals surface area contributed by atoms with Gasteiger partial charge in [-0.25, -0.2) is 4.39 Å². The molecule has 2 N–H and O–H groups in total. The number of hydrogen-bond donors (Lipinski definition) is 1. The number of alkyl halides is 3. The molecule has 0 saturated heterocycles. The second kappa shape index (κ2) is 4.64. The molecular formula is C12H15F4N. The molecule has 0 aliphatic heterocycles. The van der Waals surface area contributed by atoms with Crippen molar-refractivity contribution in [1.29, 1.82) is 0 Å². The number of nitrogens with two attached hydrogens (primary N) is 1. The van der Waals surface area contributed by atoms with Gasteiger partial charge in [0.05, 0.1) is 5.56 Å². The van der Waals surface area contributed by atoms with Crippen molar-refractivity contribution in [3.8, 4) is 0 Å². The van der Waals surface area contributed by atoms with E-state index in [9.17, 15) is 17.6 Å². The van der Waals surface area contributed by atoms with E-state index in [2.05, 4.69) is 0 Å². The summed E-state index contributed by atoms with van der Waals surface area (Å²) in [7, 11) is 0. The third-order valence-electron chi connectivity index (χ3n) is 2.52. The molecule has 0 spiro atoms. The van der Waals surface area contributed by atoms with Gasteiger partial charge >= 0.3 is 6.18 Å². The third kappa shape index (κ3) is 4.00. The van der Waals surface area contributed by atoms with Crippen molar-refractivity contribution in [1.82, 2.24) is 0 Å². The Balaban J connectivity index is 3.06. The van der Waals surface area contributed by atoms with E-state index in [1.807, 2.05) is 13.8 Å². The zero-order valence-electron chi connectivity index (χ0n) is 9.74. The van der Waals surface area contributed by atoms with E-state index in [1.165, 1.54) is 0 Å². The summed E-state index contributed by atoms with van der Waals surface area (Å²) in [4.78, 5) is 0. The maximum atomic E-state index is 13.1. The summed E-state index contributed by atoms with van der Waals surface area (Å²) in [5.41, 5.74) is 4.50. The highest BCUT2D eigenvalue weighted by Gasteiger charge is 2.31. The SMILES string of the molecule is CC(C)(CN)Cc1cc(F)cc(C(F)(F)F)c1. The Morgan fingerprint density at radius 2 is 1.71 bits per heavy atom. The Labute approximate surface area is 97.6 Å². The fourth-order valence-corrected chi connectivity index (χ4v) is 1.54. The maximum Gasteiger partial charge on any atom is 0.416 e. The van der Waals surface area contributed by atoms with Gasteiger partial charge in [0.15, 0.2) is 0 Å². The summed E-state index contributed by atoms with van der Waals surface area (Å²) in [5, 5.41) is 0. The van der Waals surface area contributed by atoms with E-state index in [-0.39, 0.29) is 5.41 Å². The van der Waals surface area contributed by atoms with Crippen LogP contribution in [0.25, 0.3) is 0 Å². The molecule has 0 amide bonds. The van der Waals surface area contributed by atoms with Gasteiger partial charge < -0.3 is 5.73 Å². The molecule has 0 atom stereocenters. The molecule has 0 aliphatic rings. The summed E-state index contributed by atoms with van der Waals surface area (Å²) in [6, 6.07) is 2.59. The first-order valence-electron chi connectivity index (χ1n) is 5.21. The molecule has 0 fully saturated rings. The summed E-state index contributed by atoms with van der Waals surface area (Å²) in [6.45, 7) is 3.97. The van der Waals surface area contributed by atoms with Gasteiger partial charge in [0.2, 0.25) is 0 Å². The number of rotatable bonds is 3. The molecular weight excluding hydrogens is 234 g/mol. The molecule has 1 nitrogen and oxygen atoms in total. The highest BCUT2D eigenvalue weighted by Crippen LogP contribution is 2.31. The molecule has 0 unspecified atom stereocenters. The predicted octanol–water partition coefficient (Wildman–Crippen LogP) is 3.37. The van der Waals surface area contributed by atoms with Crippen molar-refractivity contribution in [2.45, 2.75) is 26.4 Å². The standard InChI is InChI=1S/C12H15F4N/c1-11(2,7-17)6-8-3-9(12(14,15)16)5-10(13)4-8/h3-5H,6-7,17H2,1-2H3. The summed E-state index contributed by atoms with van der Waals surface area (Å²) >= 11 is 0. The Morgan fingerprint density at radius 3 is 2.18 bits per heavy atom. The molecule has 0 aliphatic carbocycles. The Hall–Kier alpha value is -1.10. The van der Waals surface area contributed by atoms with E-state index < -0.39 is 17.6 Å². The first kappa shape index (κ1) is 14.0. The van der Waals surface area contributed by atoms with Crippen molar-refractivity contribution < 1.29 is 17.6 Å². The maximum absolute atomic E-state index is 13.1. The van der Waals surface area contributed by atoms with Crippen LogP contribution >= 0.6 is 0 Å². The molecule has 17 heavy (non-hydrogen) atoms. The van der Waals surface area contributed by atoms with Gasteiger partial charge in [-0.2, -0.15) is 13.2 Å². The van der Waals surface area contributed by atoms with E-state index >= 15 is 0 Å². The number of benzene rings is 1. The average molecular weight is 249 g/mol. The van der Waals surface area contributed by atoms with Crippen LogP contribution in [0.15, 0.2) is 18.2 Å². The van der Waals surface area contributed by atoms with Crippen LogP contribution in [0.2, 0.25) is 0 Å². The molecule has 1 aromatic rings. The van der Waals surface area contributed by atoms with Crippen molar-refractivity contribution in [2.24, 2.45) is 11.1 Å². The lowest BCUT2D eigenvalue weighted by molar-refractivity contribution is -0.137. The van der Waals surface area contributed by atoms with Crippen LogP contribution in [0.3, 0.4) is 0 Å². The second-order valence-corrected chi connectivity index (χ2v) is 4.89. The van der Waals surface area contributed by atoms with E-state index in [0.29, 0.717) is 24.6 Å². The van der Waals surface area contributed by atoms with Gasteiger partial charge in [0.25, 0.3) is 0 Å². The van der Waals surface area contributed by atoms with Gasteiger partial charge in [0.1, 0.15) is 5.82 Å². The normalized spacial score (nSPS) is 12.9. The van der Waals surface area contributed by atoms with Gasteiger partial charge in [0, 0.05) is 0 Å². The topological polar surface area (TPSA) is 26.0 Å². The zero-order chi connectivity index (χ0) is 13.3. The van der Waals surface area contributed by atoms with E-state index in [4.69, 9.17) is 5.73 Å². The van der Waals surface area contributed by atoms with E-state index in [1.54, 1.807) is 0 Å². The lowest BCUT2D eigenvalue weighted by atomic mass is 9.85. The van der Waals surface area contributed by atoms with Gasteiger partial charge in [-0.15, -0.1) is 0 Å². The third-order valence-corrected chi connectivity index (χ3v) is 2.52. The minimum atomic E-state index is -4.52. The molecule has 0 bridgehead atoms. The van der Waals surface area contributed by atoms with Crippen molar-refractivity contribution in [3.05, 3.63) is 35.1 Å². The molecule has 5 heteroatoms. The Bertz CT molecular complexity index is 396. The minimum absolute atomic E-state index is 0.310. The molecule has 1 rings (SSSR count). The molecule has 0 heterocycles. The minimum Gasteiger partial charge on any atom is -0.330 e. The largest absolute Gasteiger partial charge is 0.416 e. The average Bonchev–Trinajstić information content (AvgIpc) is 2.14. The van der Waals surface area contributed by atoms with Crippen LogP contribution in [0.4, 0.5) is 17.6 Å². The Morgan fingerprint density at radius 1 is 1.12 bits per heavy atom. The zero-order valence-corrected chi connectivity index (χ0v) is 9.74. The molecule has 0 saturated carbocycles. The van der Waals surface area contributed by atoms with E-state index in [0.717, 1.165) is 12.1 Å². The van der Waals surface area contributed by atoms with Gasteiger partial charge in [-0.3, -0.25) is 0 Å². The second-order valence-electron chi connectivity index (χ2n) is 4.89. The highest BCUT2D eigenvalue weighted by atomic mass is 19.4. The fraction of sp³-hybridized carbons (Fsp3) is 0.500. The fourth-order valence-electron chi connectivity index (χ4n) is 1.54. The molecule has 0 aromatic heterocycles. The first-order chi connectivity index (χ1) is 7.64. The lowest BCUT2D eigenvalue weighted by Crippen LogP contribution is -2.26. The molecule has 0 radical (unpaired) electrons. The van der Waals surface area contributed by atoms with Crippen LogP contribution < -0.4 is 5.73 Å². The van der Waals surface area contributed by atoms with Crippen molar-refractivity contribution in [3.63, 3.8) is 0 Å². The molecule has 1 aromatic carbocycles. The molecule has 96 valence electrons. The van der Waals surface area contributed by atoms with Crippen LogP contribution in [0.1, 0.15) is 25.0 Å². The van der Waals surface area contributed by atoms with Crippen LogP contribution in [0, 0.1) is 11.2 Å². The quantitative estimate of drug-likeness (QED) is 0.816. The van der Waals surface area contributed by atoms with Crippen molar-refractivity contribution in [2.75, 3.05) is 6.54 Å². The summed E-state index contributed by atoms with van der Waals surface area (Å²) in [5.74, 6) is -0.873. The Kier molecular flexibility index (Phi) is 3.81. The van der Waals surface area contributed by atoms with Gasteiger partial charge in [-0.05, 0) is 42.1 Å². The first-order valence-corrected chi connectivity index (χ1v) is 5.21. The summed E-state index contributed by atoms with van der Waals surface area (Å²) in [6.07, 6.45) is -4.21. The highest BCUT2D eigenvalue weighted by molar-refractivity contribution is 5.27. The van der Waals surface area contributed by atoms with Crippen molar-refractivity contribution >= 4 is 0 Å². The number of halogens is 4. The predicted molar refractivity (Wildman–Crippen MR) is 57.9 cm³/mol. The lowest BCUT2D eigenvalue weighted by Gasteiger charge is -2.22. The van der Waals surface area contributed by atoms with Gasteiger partial charge in [-0.1, -0.05) is 13.8 Å². The smallest absolute Gasteiger partial charge is 0.330 e. The monoisotopic (exact) mass is 249 g/mol. The van der Waals surface area contributed by atoms with Crippen LogP contribution in [0.5, 0.6) is 0 Å². The number of hydrogen-bond acceptors (Lipinski definition) is 1. The van der Waals surface area contributed by atoms with Crippen LogP contribution in [-0.4, -0.2) is 6.54 Å². The van der Waals surface area contributed by atoms with Crippen LogP contribution in [-0.2, 0) is 12.6 Å².